The molecule has 1 amide bonds. The molecule has 0 bridgehead atoms. The number of aromatic nitrogens is 1. The molecule has 2 aromatic rings. The van der Waals surface area contributed by atoms with Crippen molar-refractivity contribution < 1.29 is 27.5 Å². The summed E-state index contributed by atoms with van der Waals surface area (Å²) < 4.78 is 45.3. The van der Waals surface area contributed by atoms with Gasteiger partial charge in [-0.2, -0.15) is 13.2 Å². The van der Waals surface area contributed by atoms with Crippen LogP contribution in [-0.2, 0) is 15.7 Å². The minimum absolute atomic E-state index is 0.0125. The fourth-order valence-corrected chi connectivity index (χ4v) is 3.61. The predicted octanol–water partition coefficient (Wildman–Crippen LogP) is 4.63. The normalized spacial score (nSPS) is 11.3. The molecule has 0 aliphatic carbocycles. The molecule has 152 valence electrons. The van der Waals surface area contributed by atoms with Gasteiger partial charge >= 0.3 is 12.1 Å². The molecule has 1 heterocycles. The molecule has 0 aliphatic heterocycles. The van der Waals surface area contributed by atoms with E-state index in [1.807, 2.05) is 0 Å². The summed E-state index contributed by atoms with van der Waals surface area (Å²) in [5, 5.41) is 0.123. The minimum atomic E-state index is -4.76. The van der Waals surface area contributed by atoms with Crippen LogP contribution in [0.2, 0.25) is 0 Å². The maximum atomic E-state index is 13.5. The van der Waals surface area contributed by atoms with Crippen LogP contribution >= 0.6 is 11.3 Å². The number of hydrogen-bond acceptors (Lipinski definition) is 5. The first-order chi connectivity index (χ1) is 13.3. The number of thiazole rings is 1. The van der Waals surface area contributed by atoms with E-state index >= 15 is 0 Å². The molecule has 2 rings (SSSR count). The number of halogens is 3. The molecule has 0 spiro atoms. The third-order valence-corrected chi connectivity index (χ3v) is 4.87. The number of benzene rings is 1. The largest absolute Gasteiger partial charge is 0.466 e. The molecule has 1 aromatic heterocycles. The van der Waals surface area contributed by atoms with Crippen molar-refractivity contribution in [2.75, 3.05) is 19.7 Å². The monoisotopic (exact) mass is 414 g/mol. The Bertz CT molecular complexity index is 807. The third-order valence-electron chi connectivity index (χ3n) is 3.78. The third kappa shape index (κ3) is 5.54. The van der Waals surface area contributed by atoms with Crippen LogP contribution in [0, 0.1) is 0 Å². The highest BCUT2D eigenvalue weighted by atomic mass is 32.1. The fourth-order valence-electron chi connectivity index (χ4n) is 2.55. The fraction of sp³-hybridized carbons (Fsp3) is 0.421. The molecule has 0 saturated carbocycles. The van der Waals surface area contributed by atoms with Crippen molar-refractivity contribution in [3.63, 3.8) is 0 Å². The lowest BCUT2D eigenvalue weighted by Gasteiger charge is -2.21. The standard InChI is InChI=1S/C19H21F3N2O3S/c1-3-11-24(12-10-14(25)27-4-2)18(26)15-16(19(20,21)22)23-17(28-15)13-8-6-5-7-9-13/h5-9H,3-4,10-12H2,1-2H3. The van der Waals surface area contributed by atoms with Gasteiger partial charge in [-0.25, -0.2) is 4.98 Å². The van der Waals surface area contributed by atoms with E-state index in [4.69, 9.17) is 4.74 Å². The van der Waals surface area contributed by atoms with Crippen LogP contribution < -0.4 is 0 Å². The van der Waals surface area contributed by atoms with Crippen molar-refractivity contribution in [3.05, 3.63) is 40.9 Å². The first kappa shape index (κ1) is 21.9. The van der Waals surface area contributed by atoms with Crippen LogP contribution in [0.3, 0.4) is 0 Å². The Kier molecular flexibility index (Phi) is 7.56. The van der Waals surface area contributed by atoms with Crippen molar-refractivity contribution in [1.82, 2.24) is 9.88 Å². The Morgan fingerprint density at radius 2 is 1.82 bits per heavy atom. The molecular weight excluding hydrogens is 393 g/mol. The number of esters is 1. The molecule has 5 nitrogen and oxygen atoms in total. The van der Waals surface area contributed by atoms with Crippen LogP contribution in [0.4, 0.5) is 13.2 Å². The van der Waals surface area contributed by atoms with Gasteiger partial charge in [-0.3, -0.25) is 9.59 Å². The van der Waals surface area contributed by atoms with E-state index < -0.39 is 28.6 Å². The van der Waals surface area contributed by atoms with Gasteiger partial charge in [0.15, 0.2) is 5.69 Å². The van der Waals surface area contributed by atoms with E-state index in [-0.39, 0.29) is 31.1 Å². The summed E-state index contributed by atoms with van der Waals surface area (Å²) >= 11 is 0.708. The second-order valence-corrected chi connectivity index (χ2v) is 6.91. The van der Waals surface area contributed by atoms with E-state index in [1.54, 1.807) is 44.2 Å². The van der Waals surface area contributed by atoms with Crippen molar-refractivity contribution in [3.8, 4) is 10.6 Å². The Morgan fingerprint density at radius 1 is 1.14 bits per heavy atom. The summed E-state index contributed by atoms with van der Waals surface area (Å²) in [5.41, 5.74) is -0.691. The highest BCUT2D eigenvalue weighted by Crippen LogP contribution is 2.38. The Hall–Kier alpha value is -2.42. The van der Waals surface area contributed by atoms with E-state index in [0.717, 1.165) is 0 Å². The number of alkyl halides is 3. The van der Waals surface area contributed by atoms with Gasteiger partial charge in [-0.05, 0) is 13.3 Å². The molecule has 0 unspecified atom stereocenters. The summed E-state index contributed by atoms with van der Waals surface area (Å²) in [4.78, 5) is 28.9. The molecule has 9 heteroatoms. The molecule has 0 saturated heterocycles. The molecular formula is C19H21F3N2O3S. The molecule has 28 heavy (non-hydrogen) atoms. The van der Waals surface area contributed by atoms with Gasteiger partial charge in [0.2, 0.25) is 0 Å². The second kappa shape index (κ2) is 9.68. The van der Waals surface area contributed by atoms with Crippen molar-refractivity contribution >= 4 is 23.2 Å². The summed E-state index contributed by atoms with van der Waals surface area (Å²) in [7, 11) is 0. The van der Waals surface area contributed by atoms with Crippen LogP contribution in [0.15, 0.2) is 30.3 Å². The van der Waals surface area contributed by atoms with E-state index in [9.17, 15) is 22.8 Å². The lowest BCUT2D eigenvalue weighted by molar-refractivity contribution is -0.143. The highest BCUT2D eigenvalue weighted by Gasteiger charge is 2.40. The summed E-state index contributed by atoms with van der Waals surface area (Å²) in [6.07, 6.45) is -4.29. The van der Waals surface area contributed by atoms with Gasteiger partial charge in [-0.15, -0.1) is 11.3 Å². The number of carbonyl (C=O) groups is 2. The van der Waals surface area contributed by atoms with Gasteiger partial charge < -0.3 is 9.64 Å². The summed E-state index contributed by atoms with van der Waals surface area (Å²) in [6.45, 7) is 3.88. The average Bonchev–Trinajstić information content (AvgIpc) is 3.11. The van der Waals surface area contributed by atoms with Crippen molar-refractivity contribution in [2.24, 2.45) is 0 Å². The van der Waals surface area contributed by atoms with E-state index in [1.165, 1.54) is 4.90 Å². The van der Waals surface area contributed by atoms with Crippen LogP contribution in [-0.4, -0.2) is 41.5 Å². The molecule has 0 atom stereocenters. The molecule has 0 fully saturated rings. The SMILES string of the molecule is CCCN(CCC(=O)OCC)C(=O)c1sc(-c2ccccc2)nc1C(F)(F)F. The molecule has 0 radical (unpaired) electrons. The van der Waals surface area contributed by atoms with Crippen molar-refractivity contribution in [1.29, 1.82) is 0 Å². The van der Waals surface area contributed by atoms with Gasteiger partial charge in [0, 0.05) is 18.7 Å². The van der Waals surface area contributed by atoms with Gasteiger partial charge in [0.25, 0.3) is 5.91 Å². The molecule has 1 aromatic carbocycles. The summed E-state index contributed by atoms with van der Waals surface area (Å²) in [6, 6.07) is 8.39. The first-order valence-corrected chi connectivity index (χ1v) is 9.67. The minimum Gasteiger partial charge on any atom is -0.466 e. The van der Waals surface area contributed by atoms with Gasteiger partial charge in [0.1, 0.15) is 9.88 Å². The van der Waals surface area contributed by atoms with E-state index in [2.05, 4.69) is 4.98 Å². The van der Waals surface area contributed by atoms with Gasteiger partial charge in [0.05, 0.1) is 13.0 Å². The second-order valence-electron chi connectivity index (χ2n) is 5.91. The Balaban J connectivity index is 2.35. The molecule has 0 aliphatic rings. The van der Waals surface area contributed by atoms with Gasteiger partial charge in [-0.1, -0.05) is 37.3 Å². The van der Waals surface area contributed by atoms with Crippen molar-refractivity contribution in [2.45, 2.75) is 32.9 Å². The van der Waals surface area contributed by atoms with Crippen LogP contribution in [0.25, 0.3) is 10.6 Å². The number of amides is 1. The number of rotatable bonds is 8. The lowest BCUT2D eigenvalue weighted by Crippen LogP contribution is -2.34. The zero-order valence-electron chi connectivity index (χ0n) is 15.6. The number of nitrogens with zero attached hydrogens (tertiary/aromatic N) is 2. The zero-order valence-corrected chi connectivity index (χ0v) is 16.4. The Morgan fingerprint density at radius 3 is 2.39 bits per heavy atom. The average molecular weight is 414 g/mol. The maximum absolute atomic E-state index is 13.5. The number of hydrogen-bond donors (Lipinski definition) is 0. The first-order valence-electron chi connectivity index (χ1n) is 8.86. The van der Waals surface area contributed by atoms with Crippen LogP contribution in [0.1, 0.15) is 42.1 Å². The van der Waals surface area contributed by atoms with Crippen LogP contribution in [0.5, 0.6) is 0 Å². The smallest absolute Gasteiger partial charge is 0.435 e. The lowest BCUT2D eigenvalue weighted by atomic mass is 10.2. The molecule has 0 N–H and O–H groups in total. The summed E-state index contributed by atoms with van der Waals surface area (Å²) in [5.74, 6) is -1.28. The Labute approximate surface area is 165 Å². The number of carbonyl (C=O) groups excluding carboxylic acids is 2. The predicted molar refractivity (Wildman–Crippen MR) is 100.0 cm³/mol. The maximum Gasteiger partial charge on any atom is 0.435 e. The highest BCUT2D eigenvalue weighted by molar-refractivity contribution is 7.17. The number of ether oxygens (including phenoxy) is 1. The quantitative estimate of drug-likeness (QED) is 0.591. The topological polar surface area (TPSA) is 59.5 Å². The zero-order chi connectivity index (χ0) is 20.7. The van der Waals surface area contributed by atoms with E-state index in [0.29, 0.717) is 23.3 Å².